The molecule has 2 amide bonds. The molecule has 5 rings (SSSR count). The molecule has 43 heavy (non-hydrogen) atoms. The van der Waals surface area contributed by atoms with Gasteiger partial charge < -0.3 is 34.3 Å². The van der Waals surface area contributed by atoms with E-state index in [0.29, 0.717) is 11.1 Å². The molecule has 3 aromatic rings. The van der Waals surface area contributed by atoms with Crippen LogP contribution >= 0.6 is 0 Å². The summed E-state index contributed by atoms with van der Waals surface area (Å²) in [5, 5.41) is 12.0. The minimum atomic E-state index is -1.36. The highest BCUT2D eigenvalue weighted by atomic mass is 19.1. The van der Waals surface area contributed by atoms with Gasteiger partial charge in [0.15, 0.2) is 0 Å². The van der Waals surface area contributed by atoms with Crippen molar-refractivity contribution >= 4 is 40.5 Å². The predicted molar refractivity (Wildman–Crippen MR) is 153 cm³/mol. The Hall–Kier alpha value is -4.94. The zero-order valence-electron chi connectivity index (χ0n) is 23.6. The van der Waals surface area contributed by atoms with E-state index in [0.717, 1.165) is 18.9 Å². The van der Waals surface area contributed by atoms with Crippen molar-refractivity contribution in [3.8, 4) is 0 Å². The first-order valence-electron chi connectivity index (χ1n) is 13.9. The average molecular weight is 595 g/mol. The number of benzene rings is 2. The average Bonchev–Trinajstić information content (AvgIpc) is 3.83. The van der Waals surface area contributed by atoms with Crippen molar-refractivity contribution in [2.24, 2.45) is 0 Å². The molecule has 2 atom stereocenters. The molecular weight excluding hydrogens is 563 g/mol. The first kappa shape index (κ1) is 29.5. The molecule has 1 aliphatic heterocycles. The summed E-state index contributed by atoms with van der Waals surface area (Å²) >= 11 is 0. The van der Waals surface area contributed by atoms with Gasteiger partial charge in [0, 0.05) is 56.3 Å². The molecule has 1 aromatic heterocycles. The fraction of sp³-hybridized carbons (Fsp3) is 0.367. The Balaban J connectivity index is 1.18. The van der Waals surface area contributed by atoms with Gasteiger partial charge in [-0.05, 0) is 44.0 Å². The van der Waals surface area contributed by atoms with E-state index in [4.69, 9.17) is 9.47 Å². The summed E-state index contributed by atoms with van der Waals surface area (Å²) in [6.45, 7) is 3.74. The van der Waals surface area contributed by atoms with Crippen LogP contribution in [-0.4, -0.2) is 77.0 Å². The summed E-state index contributed by atoms with van der Waals surface area (Å²) in [4.78, 5) is 64.9. The van der Waals surface area contributed by atoms with E-state index in [2.05, 4.69) is 5.32 Å². The quantitative estimate of drug-likeness (QED) is 0.297. The fourth-order valence-electron chi connectivity index (χ4n) is 4.97. The maximum Gasteiger partial charge on any atom is 0.412 e. The van der Waals surface area contributed by atoms with Gasteiger partial charge in [0.25, 0.3) is 5.91 Å². The summed E-state index contributed by atoms with van der Waals surface area (Å²) in [6.07, 6.45) is 1.05. The minimum Gasteiger partial charge on any atom is -0.477 e. The van der Waals surface area contributed by atoms with E-state index in [-0.39, 0.29) is 43.3 Å². The second-order valence-corrected chi connectivity index (χ2v) is 10.6. The van der Waals surface area contributed by atoms with Crippen molar-refractivity contribution < 1.29 is 38.1 Å². The van der Waals surface area contributed by atoms with E-state index in [1.807, 2.05) is 0 Å². The van der Waals surface area contributed by atoms with Crippen LogP contribution in [0.15, 0.2) is 53.5 Å². The molecule has 0 spiro atoms. The lowest BCUT2D eigenvalue weighted by Crippen LogP contribution is -2.50. The molecule has 1 unspecified atom stereocenters. The highest BCUT2D eigenvalue weighted by molar-refractivity contribution is 5.96. The van der Waals surface area contributed by atoms with Gasteiger partial charge in [-0.3, -0.25) is 9.59 Å². The summed E-state index contributed by atoms with van der Waals surface area (Å²) < 4.78 is 27.4. The van der Waals surface area contributed by atoms with Crippen LogP contribution in [0.3, 0.4) is 0 Å². The number of aromatic carboxylic acids is 1. The minimum absolute atomic E-state index is 0.00717. The van der Waals surface area contributed by atoms with E-state index in [1.54, 1.807) is 45.9 Å². The van der Waals surface area contributed by atoms with Crippen molar-refractivity contribution in [3.05, 3.63) is 75.8 Å². The summed E-state index contributed by atoms with van der Waals surface area (Å²) in [5.41, 5.74) is -0.0501. The van der Waals surface area contributed by atoms with Crippen LogP contribution in [0.2, 0.25) is 0 Å². The number of nitrogens with one attached hydrogen (secondary N) is 1. The summed E-state index contributed by atoms with van der Waals surface area (Å²) in [7, 11) is 0. The molecule has 1 aliphatic carbocycles. The highest BCUT2D eigenvalue weighted by Crippen LogP contribution is 2.38. The largest absolute Gasteiger partial charge is 0.477 e. The molecule has 2 aromatic carbocycles. The lowest BCUT2D eigenvalue weighted by atomic mass is 10.1. The third kappa shape index (κ3) is 6.45. The molecule has 226 valence electrons. The Kier molecular flexibility index (Phi) is 8.33. The number of nitrogens with zero attached hydrogens (tertiary/aromatic N) is 3. The zero-order chi connectivity index (χ0) is 30.8. The number of esters is 1. The van der Waals surface area contributed by atoms with Gasteiger partial charge in [-0.1, -0.05) is 18.2 Å². The smallest absolute Gasteiger partial charge is 0.412 e. The lowest BCUT2D eigenvalue weighted by Gasteiger charge is -2.36. The van der Waals surface area contributed by atoms with Gasteiger partial charge >= 0.3 is 18.0 Å². The van der Waals surface area contributed by atoms with Gasteiger partial charge in [-0.2, -0.15) is 0 Å². The van der Waals surface area contributed by atoms with Gasteiger partial charge in [0.05, 0.1) is 11.2 Å². The van der Waals surface area contributed by atoms with E-state index in [1.165, 1.54) is 24.9 Å². The molecule has 1 saturated carbocycles. The number of amides is 2. The number of rotatable bonds is 8. The van der Waals surface area contributed by atoms with Crippen LogP contribution in [0.25, 0.3) is 10.9 Å². The second kappa shape index (κ2) is 12.1. The molecule has 1 saturated heterocycles. The molecular formula is C30H31FN4O8. The molecule has 0 bridgehead atoms. The number of hydrogen-bond acceptors (Lipinski definition) is 8. The van der Waals surface area contributed by atoms with Crippen LogP contribution in [0.1, 0.15) is 53.4 Å². The van der Waals surface area contributed by atoms with Crippen LogP contribution in [0, 0.1) is 5.82 Å². The van der Waals surface area contributed by atoms with E-state index < -0.39 is 53.1 Å². The van der Waals surface area contributed by atoms with Crippen LogP contribution in [0.5, 0.6) is 0 Å². The van der Waals surface area contributed by atoms with E-state index >= 15 is 4.39 Å². The van der Waals surface area contributed by atoms with Crippen LogP contribution < -0.4 is 15.6 Å². The topological polar surface area (TPSA) is 147 Å². The number of aromatic nitrogens is 1. The number of hydrogen-bond donors (Lipinski definition) is 2. The molecule has 12 nitrogen and oxygen atoms in total. The standard InChI is InChI=1S/C30H31FN4O8/c1-17(32-27(37)19-6-4-3-5-7-19)29(40)42-18(2)43-30(41)34-12-10-33(11-13-34)25-15-24-21(14-23(25)31)26(36)22(28(38)39)16-35(24)20-8-9-20/h3-7,14-18,20H,8-13H2,1-2H3,(H,32,37)(H,38,39)/t17-,18?/m0/s1. The monoisotopic (exact) mass is 594 g/mol. The number of carboxylic acid groups (broad SMARTS) is 1. The number of pyridine rings is 1. The Morgan fingerprint density at radius 3 is 2.30 bits per heavy atom. The first-order chi connectivity index (χ1) is 20.5. The van der Waals surface area contributed by atoms with Gasteiger partial charge in [-0.15, -0.1) is 0 Å². The SMILES string of the molecule is CC(OC(=O)[C@H](C)NC(=O)c1ccccc1)OC(=O)N1CCN(c2cc3c(cc2F)c(=O)c(C(=O)O)cn3C2CC2)CC1. The normalized spacial score (nSPS) is 16.3. The Morgan fingerprint density at radius 2 is 1.67 bits per heavy atom. The molecule has 2 fully saturated rings. The predicted octanol–water partition coefficient (Wildman–Crippen LogP) is 3.14. The van der Waals surface area contributed by atoms with Gasteiger partial charge in [0.2, 0.25) is 11.7 Å². The number of ether oxygens (including phenoxy) is 2. The Bertz CT molecular complexity index is 1630. The van der Waals surface area contributed by atoms with Crippen molar-refractivity contribution in [1.29, 1.82) is 0 Å². The zero-order valence-corrected chi connectivity index (χ0v) is 23.6. The summed E-state index contributed by atoms with van der Waals surface area (Å²) in [5.74, 6) is -3.25. The Labute approximate surface area is 245 Å². The van der Waals surface area contributed by atoms with Crippen molar-refractivity contribution in [1.82, 2.24) is 14.8 Å². The number of piperazine rings is 1. The number of fused-ring (bicyclic) bond motifs is 1. The number of anilines is 1. The first-order valence-corrected chi connectivity index (χ1v) is 13.9. The summed E-state index contributed by atoms with van der Waals surface area (Å²) in [6, 6.07) is 10.1. The fourth-order valence-corrected chi connectivity index (χ4v) is 4.97. The Morgan fingerprint density at radius 1 is 1.00 bits per heavy atom. The van der Waals surface area contributed by atoms with Gasteiger partial charge in [-0.25, -0.2) is 18.8 Å². The molecule has 2 N–H and O–H groups in total. The van der Waals surface area contributed by atoms with Crippen molar-refractivity contribution in [2.75, 3.05) is 31.1 Å². The van der Waals surface area contributed by atoms with Crippen molar-refractivity contribution in [2.45, 2.75) is 45.1 Å². The second-order valence-electron chi connectivity index (χ2n) is 10.6. The molecule has 2 heterocycles. The lowest BCUT2D eigenvalue weighted by molar-refractivity contribution is -0.168. The molecule has 0 radical (unpaired) electrons. The number of carboxylic acids is 1. The highest BCUT2D eigenvalue weighted by Gasteiger charge is 2.30. The number of carbonyl (C=O) groups is 4. The third-order valence-corrected chi connectivity index (χ3v) is 7.44. The third-order valence-electron chi connectivity index (χ3n) is 7.44. The van der Waals surface area contributed by atoms with Gasteiger partial charge in [0.1, 0.15) is 17.4 Å². The number of halogens is 1. The van der Waals surface area contributed by atoms with E-state index in [9.17, 15) is 29.1 Å². The maximum atomic E-state index is 15.2. The van der Waals surface area contributed by atoms with Crippen molar-refractivity contribution in [3.63, 3.8) is 0 Å². The van der Waals surface area contributed by atoms with Crippen LogP contribution in [0.4, 0.5) is 14.9 Å². The molecule has 2 aliphatic rings. The van der Waals surface area contributed by atoms with Crippen LogP contribution in [-0.2, 0) is 14.3 Å². The maximum absolute atomic E-state index is 15.2. The molecule has 13 heteroatoms. The number of carbonyl (C=O) groups excluding carboxylic acids is 3.